The van der Waals surface area contributed by atoms with Crippen molar-refractivity contribution in [2.24, 2.45) is 0 Å². The van der Waals surface area contributed by atoms with E-state index in [1.54, 1.807) is 6.07 Å². The first kappa shape index (κ1) is 21.6. The van der Waals surface area contributed by atoms with E-state index in [1.807, 2.05) is 62.4 Å². The summed E-state index contributed by atoms with van der Waals surface area (Å²) in [6, 6.07) is 17.7. The van der Waals surface area contributed by atoms with E-state index in [4.69, 9.17) is 9.72 Å². The minimum absolute atomic E-state index is 0.147. The molecule has 0 unspecified atom stereocenters. The van der Waals surface area contributed by atoms with Crippen LogP contribution in [0.4, 0.5) is 0 Å². The summed E-state index contributed by atoms with van der Waals surface area (Å²) in [5, 5.41) is 5.00. The highest BCUT2D eigenvalue weighted by Crippen LogP contribution is 2.30. The first-order valence-corrected chi connectivity index (χ1v) is 12.2. The van der Waals surface area contributed by atoms with Crippen molar-refractivity contribution in [3.8, 4) is 0 Å². The molecule has 0 saturated heterocycles. The molecule has 0 bridgehead atoms. The predicted octanol–water partition coefficient (Wildman–Crippen LogP) is 6.02. The van der Waals surface area contributed by atoms with E-state index in [0.29, 0.717) is 10.4 Å². The number of ether oxygens (including phenoxy) is 1. The first-order chi connectivity index (χ1) is 16.0. The van der Waals surface area contributed by atoms with Crippen molar-refractivity contribution in [1.82, 2.24) is 10.3 Å². The fraction of sp³-hybridized carbons (Fsp3) is 0.296. The Kier molecular flexibility index (Phi) is 5.85. The maximum Gasteiger partial charge on any atom is 0.349 e. The number of aromatic nitrogens is 1. The summed E-state index contributed by atoms with van der Waals surface area (Å²) in [5.41, 5.74) is 3.79. The molecule has 2 aromatic carbocycles. The fourth-order valence-corrected chi connectivity index (χ4v) is 5.27. The van der Waals surface area contributed by atoms with Gasteiger partial charge in [0.15, 0.2) is 0 Å². The summed E-state index contributed by atoms with van der Waals surface area (Å²) in [7, 11) is 0. The van der Waals surface area contributed by atoms with Gasteiger partial charge in [-0.05, 0) is 50.5 Å². The van der Waals surface area contributed by atoms with Crippen LogP contribution in [0.3, 0.4) is 0 Å². The number of nitrogens with one attached hydrogen (secondary N) is 1. The highest BCUT2D eigenvalue weighted by molar-refractivity contribution is 7.20. The molecule has 2 aromatic heterocycles. The second kappa shape index (κ2) is 8.94. The zero-order valence-corrected chi connectivity index (χ0v) is 19.6. The Morgan fingerprint density at radius 3 is 2.45 bits per heavy atom. The summed E-state index contributed by atoms with van der Waals surface area (Å²) in [6.07, 6.45) is 3.18. The van der Waals surface area contributed by atoms with Crippen LogP contribution < -0.4 is 5.32 Å². The van der Waals surface area contributed by atoms with Gasteiger partial charge in [0.2, 0.25) is 6.10 Å². The average Bonchev–Trinajstić information content (AvgIpc) is 3.46. The van der Waals surface area contributed by atoms with Crippen molar-refractivity contribution < 1.29 is 14.3 Å². The van der Waals surface area contributed by atoms with Gasteiger partial charge >= 0.3 is 5.97 Å². The van der Waals surface area contributed by atoms with Crippen molar-refractivity contribution in [2.45, 2.75) is 51.7 Å². The summed E-state index contributed by atoms with van der Waals surface area (Å²) in [6.45, 7) is 4.02. The Morgan fingerprint density at radius 1 is 0.970 bits per heavy atom. The molecule has 1 saturated carbocycles. The zero-order valence-electron chi connectivity index (χ0n) is 18.8. The monoisotopic (exact) mass is 458 g/mol. The molecule has 1 N–H and O–H groups in total. The fourth-order valence-electron chi connectivity index (χ4n) is 4.36. The van der Waals surface area contributed by atoms with E-state index in [1.165, 1.54) is 11.3 Å². The molecular weight excluding hydrogens is 432 g/mol. The largest absolute Gasteiger partial charge is 0.443 e. The Hall–Kier alpha value is -3.25. The number of benzene rings is 2. The van der Waals surface area contributed by atoms with Gasteiger partial charge in [-0.25, -0.2) is 9.78 Å². The van der Waals surface area contributed by atoms with Gasteiger partial charge in [0.1, 0.15) is 9.71 Å². The van der Waals surface area contributed by atoms with Crippen LogP contribution in [0.1, 0.15) is 58.1 Å². The number of hydrogen-bond donors (Lipinski definition) is 1. The number of carbonyl (C=O) groups excluding carboxylic acids is 2. The van der Waals surface area contributed by atoms with E-state index in [-0.39, 0.29) is 11.9 Å². The predicted molar refractivity (Wildman–Crippen MR) is 132 cm³/mol. The van der Waals surface area contributed by atoms with E-state index in [2.05, 4.69) is 5.32 Å². The van der Waals surface area contributed by atoms with Crippen LogP contribution >= 0.6 is 11.3 Å². The Balaban J connectivity index is 1.43. The number of hydrogen-bond acceptors (Lipinski definition) is 5. The summed E-state index contributed by atoms with van der Waals surface area (Å²) < 4.78 is 5.81. The van der Waals surface area contributed by atoms with Gasteiger partial charge in [0, 0.05) is 22.4 Å². The SMILES string of the molecule is Cc1ccc([C@H](OC(=O)c2cc3cc4ccc(C)cc4nc3s2)C(=O)NC2CCCC2)cc1. The lowest BCUT2D eigenvalue weighted by Gasteiger charge is -2.20. The Bertz CT molecular complexity index is 1340. The van der Waals surface area contributed by atoms with Gasteiger partial charge in [-0.3, -0.25) is 4.79 Å². The third-order valence-corrected chi connectivity index (χ3v) is 7.23. The molecule has 5 nitrogen and oxygen atoms in total. The molecule has 168 valence electrons. The molecule has 0 aliphatic heterocycles. The van der Waals surface area contributed by atoms with Crippen LogP contribution in [0.15, 0.2) is 54.6 Å². The summed E-state index contributed by atoms with van der Waals surface area (Å²) in [4.78, 5) is 32.2. The Morgan fingerprint density at radius 2 is 1.70 bits per heavy atom. The molecule has 6 heteroatoms. The van der Waals surface area contributed by atoms with E-state index in [0.717, 1.165) is 57.9 Å². The number of nitrogens with zero attached hydrogens (tertiary/aromatic N) is 1. The van der Waals surface area contributed by atoms with Gasteiger partial charge in [-0.15, -0.1) is 11.3 Å². The zero-order chi connectivity index (χ0) is 22.9. The van der Waals surface area contributed by atoms with Crippen LogP contribution in [0.5, 0.6) is 0 Å². The van der Waals surface area contributed by atoms with E-state index < -0.39 is 12.1 Å². The minimum atomic E-state index is -0.987. The maximum absolute atomic E-state index is 13.1. The van der Waals surface area contributed by atoms with Crippen LogP contribution in [0.25, 0.3) is 21.1 Å². The van der Waals surface area contributed by atoms with Crippen molar-refractivity contribution >= 4 is 44.3 Å². The lowest BCUT2D eigenvalue weighted by atomic mass is 10.1. The number of pyridine rings is 1. The van der Waals surface area contributed by atoms with Gasteiger partial charge in [0.05, 0.1) is 5.52 Å². The average molecular weight is 459 g/mol. The summed E-state index contributed by atoms with van der Waals surface area (Å²) in [5.74, 6) is -0.773. The van der Waals surface area contributed by atoms with Crippen molar-refractivity contribution in [3.05, 3.63) is 76.2 Å². The van der Waals surface area contributed by atoms with E-state index in [9.17, 15) is 9.59 Å². The number of rotatable bonds is 5. The number of carbonyl (C=O) groups is 2. The van der Waals surface area contributed by atoms with E-state index >= 15 is 0 Å². The molecule has 0 radical (unpaired) electrons. The standard InChI is InChI=1S/C27H26N2O3S/c1-16-7-10-18(11-8-16)24(25(30)28-21-5-3-4-6-21)32-27(31)23-15-20-14-19-12-9-17(2)13-22(19)29-26(20)33-23/h7-15,21,24H,3-6H2,1-2H3,(H,28,30)/t24-/m0/s1. The lowest BCUT2D eigenvalue weighted by Crippen LogP contribution is -2.38. The quantitative estimate of drug-likeness (QED) is 0.371. The molecule has 2 heterocycles. The number of esters is 1. The number of aryl methyl sites for hydroxylation is 2. The van der Waals surface area contributed by atoms with Crippen LogP contribution in [0, 0.1) is 13.8 Å². The van der Waals surface area contributed by atoms with Gasteiger partial charge in [-0.2, -0.15) is 0 Å². The molecule has 4 aromatic rings. The smallest absolute Gasteiger partial charge is 0.349 e. The molecule has 1 aliphatic rings. The minimum Gasteiger partial charge on any atom is -0.443 e. The number of fused-ring (bicyclic) bond motifs is 2. The normalized spacial score (nSPS) is 15.1. The third-order valence-electron chi connectivity index (χ3n) is 6.20. The lowest BCUT2D eigenvalue weighted by molar-refractivity contribution is -0.131. The van der Waals surface area contributed by atoms with Crippen molar-refractivity contribution in [1.29, 1.82) is 0 Å². The van der Waals surface area contributed by atoms with Crippen LogP contribution in [0.2, 0.25) is 0 Å². The molecular formula is C27H26N2O3S. The molecule has 1 atom stereocenters. The molecule has 0 spiro atoms. The molecule has 1 aliphatic carbocycles. The molecule has 1 fully saturated rings. The highest BCUT2D eigenvalue weighted by atomic mass is 32.1. The van der Waals surface area contributed by atoms with Gasteiger partial charge in [0.25, 0.3) is 5.91 Å². The number of thiophene rings is 1. The maximum atomic E-state index is 13.1. The molecule has 5 rings (SSSR count). The number of amides is 1. The molecule has 1 amide bonds. The third kappa shape index (κ3) is 4.62. The van der Waals surface area contributed by atoms with Crippen molar-refractivity contribution in [2.75, 3.05) is 0 Å². The van der Waals surface area contributed by atoms with Crippen molar-refractivity contribution in [3.63, 3.8) is 0 Å². The van der Waals surface area contributed by atoms with Gasteiger partial charge in [-0.1, -0.05) is 54.8 Å². The molecule has 33 heavy (non-hydrogen) atoms. The first-order valence-electron chi connectivity index (χ1n) is 11.4. The second-order valence-corrected chi connectivity index (χ2v) is 9.91. The second-order valence-electron chi connectivity index (χ2n) is 8.88. The van der Waals surface area contributed by atoms with Crippen LogP contribution in [-0.4, -0.2) is 22.9 Å². The van der Waals surface area contributed by atoms with Gasteiger partial charge < -0.3 is 10.1 Å². The Labute approximate surface area is 196 Å². The topological polar surface area (TPSA) is 68.3 Å². The van der Waals surface area contributed by atoms with Crippen LogP contribution in [-0.2, 0) is 9.53 Å². The summed E-state index contributed by atoms with van der Waals surface area (Å²) >= 11 is 1.29. The highest BCUT2D eigenvalue weighted by Gasteiger charge is 2.29.